The monoisotopic (exact) mass is 210 g/mol. The molecule has 0 unspecified atom stereocenters. The van der Waals surface area contributed by atoms with E-state index in [2.05, 4.69) is 4.98 Å². The van der Waals surface area contributed by atoms with E-state index in [-0.39, 0.29) is 5.69 Å². The Bertz CT molecular complexity index is 493. The Labute approximate surface area is 85.1 Å². The molecule has 4 nitrogen and oxygen atoms in total. The minimum Gasteiger partial charge on any atom is -0.495 e. The molecule has 14 heavy (non-hydrogen) atoms. The van der Waals surface area contributed by atoms with Gasteiger partial charge >= 0.3 is 0 Å². The second-order valence-electron chi connectivity index (χ2n) is 2.70. The minimum absolute atomic E-state index is 0.236. The molecule has 0 bridgehead atoms. The highest BCUT2D eigenvalue weighted by Gasteiger charge is 2.09. The predicted molar refractivity (Wildman–Crippen MR) is 52.1 cm³/mol. The van der Waals surface area contributed by atoms with E-state index >= 15 is 0 Å². The first-order valence-electron chi connectivity index (χ1n) is 3.93. The van der Waals surface area contributed by atoms with Gasteiger partial charge in [-0.1, -0.05) is 11.6 Å². The van der Waals surface area contributed by atoms with E-state index in [1.54, 1.807) is 29.8 Å². The summed E-state index contributed by atoms with van der Waals surface area (Å²) in [6, 6.07) is 3.49. The number of pyridine rings is 1. The van der Waals surface area contributed by atoms with Crippen LogP contribution in [0.1, 0.15) is 10.5 Å². The molecule has 5 heteroatoms. The summed E-state index contributed by atoms with van der Waals surface area (Å²) < 4.78 is 6.63. The first-order chi connectivity index (χ1) is 6.76. The second kappa shape index (κ2) is 3.31. The molecule has 2 aromatic heterocycles. The zero-order chi connectivity index (χ0) is 10.1. The van der Waals surface area contributed by atoms with Crippen molar-refractivity contribution in [3.05, 3.63) is 29.2 Å². The number of fused-ring (bicyclic) bond motifs is 1. The van der Waals surface area contributed by atoms with E-state index < -0.39 is 0 Å². The molecule has 0 aliphatic heterocycles. The predicted octanol–water partition coefficient (Wildman–Crippen LogP) is 1.81. The van der Waals surface area contributed by atoms with Crippen molar-refractivity contribution in [1.82, 2.24) is 9.38 Å². The number of methoxy groups -OCH3 is 1. The van der Waals surface area contributed by atoms with E-state index in [4.69, 9.17) is 16.3 Å². The van der Waals surface area contributed by atoms with Crippen LogP contribution in [-0.2, 0) is 0 Å². The molecule has 0 aliphatic carbocycles. The minimum atomic E-state index is 0.236. The molecule has 2 heterocycles. The summed E-state index contributed by atoms with van der Waals surface area (Å²) in [5.74, 6) is 0.661. The number of carbonyl (C=O) groups excluding carboxylic acids is 1. The summed E-state index contributed by atoms with van der Waals surface area (Å²) in [6.07, 6.45) is 2.31. The molecule has 0 saturated heterocycles. The van der Waals surface area contributed by atoms with Crippen LogP contribution in [0, 0.1) is 0 Å². The molecule has 0 N–H and O–H groups in total. The molecular weight excluding hydrogens is 204 g/mol. The SMILES string of the molecule is COc1ccc2nc(C=O)c(Cl)n2c1. The zero-order valence-electron chi connectivity index (χ0n) is 7.40. The average Bonchev–Trinajstić information content (AvgIpc) is 2.55. The number of hydrogen-bond donors (Lipinski definition) is 0. The van der Waals surface area contributed by atoms with Crippen LogP contribution in [-0.4, -0.2) is 22.8 Å². The number of imidazole rings is 1. The second-order valence-corrected chi connectivity index (χ2v) is 3.06. The van der Waals surface area contributed by atoms with Crippen molar-refractivity contribution in [2.45, 2.75) is 0 Å². The van der Waals surface area contributed by atoms with Crippen LogP contribution in [0.5, 0.6) is 5.75 Å². The van der Waals surface area contributed by atoms with E-state index in [1.165, 1.54) is 0 Å². The highest BCUT2D eigenvalue weighted by atomic mass is 35.5. The number of carbonyl (C=O) groups is 1. The Morgan fingerprint density at radius 3 is 3.00 bits per heavy atom. The van der Waals surface area contributed by atoms with Gasteiger partial charge in [0, 0.05) is 0 Å². The molecule has 0 saturated carbocycles. The van der Waals surface area contributed by atoms with Gasteiger partial charge in [-0.2, -0.15) is 0 Å². The van der Waals surface area contributed by atoms with Crippen molar-refractivity contribution in [3.63, 3.8) is 0 Å². The largest absolute Gasteiger partial charge is 0.495 e. The fourth-order valence-corrected chi connectivity index (χ4v) is 1.43. The summed E-state index contributed by atoms with van der Waals surface area (Å²) in [7, 11) is 1.56. The molecule has 0 aromatic carbocycles. The fourth-order valence-electron chi connectivity index (χ4n) is 1.21. The molecule has 0 fully saturated rings. The summed E-state index contributed by atoms with van der Waals surface area (Å²) >= 11 is 5.90. The first-order valence-corrected chi connectivity index (χ1v) is 4.31. The number of nitrogens with zero attached hydrogens (tertiary/aromatic N) is 2. The summed E-state index contributed by atoms with van der Waals surface area (Å²) in [4.78, 5) is 14.6. The van der Waals surface area contributed by atoms with Crippen molar-refractivity contribution < 1.29 is 9.53 Å². The Hall–Kier alpha value is -1.55. The van der Waals surface area contributed by atoms with Crippen LogP contribution < -0.4 is 4.74 Å². The molecule has 0 atom stereocenters. The van der Waals surface area contributed by atoms with Crippen LogP contribution >= 0.6 is 11.6 Å². The Balaban J connectivity index is 2.74. The topological polar surface area (TPSA) is 43.6 Å². The number of rotatable bonds is 2. The van der Waals surface area contributed by atoms with Gasteiger partial charge in [0.1, 0.15) is 22.2 Å². The third kappa shape index (κ3) is 1.24. The van der Waals surface area contributed by atoms with Crippen LogP contribution in [0.25, 0.3) is 5.65 Å². The number of aromatic nitrogens is 2. The lowest BCUT2D eigenvalue weighted by molar-refractivity contribution is 0.111. The van der Waals surface area contributed by atoms with Gasteiger partial charge in [0.2, 0.25) is 0 Å². The van der Waals surface area contributed by atoms with Crippen LogP contribution in [0.3, 0.4) is 0 Å². The molecular formula is C9H7ClN2O2. The lowest BCUT2D eigenvalue weighted by atomic mass is 10.4. The quantitative estimate of drug-likeness (QED) is 0.710. The first kappa shape index (κ1) is 9.02. The van der Waals surface area contributed by atoms with E-state index in [0.29, 0.717) is 22.8 Å². The van der Waals surface area contributed by atoms with Crippen molar-refractivity contribution in [2.24, 2.45) is 0 Å². The van der Waals surface area contributed by atoms with E-state index in [1.807, 2.05) is 0 Å². The van der Waals surface area contributed by atoms with Gasteiger partial charge in [0.05, 0.1) is 13.3 Å². The zero-order valence-corrected chi connectivity index (χ0v) is 8.15. The third-order valence-electron chi connectivity index (χ3n) is 1.91. The number of ether oxygens (including phenoxy) is 1. The van der Waals surface area contributed by atoms with E-state index in [9.17, 15) is 4.79 Å². The number of aldehydes is 1. The van der Waals surface area contributed by atoms with Crippen molar-refractivity contribution >= 4 is 23.5 Å². The smallest absolute Gasteiger partial charge is 0.171 e. The highest BCUT2D eigenvalue weighted by Crippen LogP contribution is 2.20. The maximum Gasteiger partial charge on any atom is 0.171 e. The third-order valence-corrected chi connectivity index (χ3v) is 2.28. The summed E-state index contributed by atoms with van der Waals surface area (Å²) in [5, 5.41) is 0.300. The molecule has 2 aromatic rings. The van der Waals surface area contributed by atoms with Crippen LogP contribution in [0.4, 0.5) is 0 Å². The van der Waals surface area contributed by atoms with Gasteiger partial charge in [0.15, 0.2) is 6.29 Å². The Kier molecular flexibility index (Phi) is 2.13. The molecule has 72 valence electrons. The Morgan fingerprint density at radius 2 is 2.36 bits per heavy atom. The van der Waals surface area contributed by atoms with E-state index in [0.717, 1.165) is 0 Å². The molecule has 0 spiro atoms. The maximum absolute atomic E-state index is 10.6. The van der Waals surface area contributed by atoms with Gasteiger partial charge in [0.25, 0.3) is 0 Å². The molecule has 0 aliphatic rings. The van der Waals surface area contributed by atoms with Gasteiger partial charge in [-0.15, -0.1) is 0 Å². The van der Waals surface area contributed by atoms with Gasteiger partial charge in [-0.3, -0.25) is 9.20 Å². The molecule has 0 amide bonds. The normalized spacial score (nSPS) is 10.4. The maximum atomic E-state index is 10.6. The van der Waals surface area contributed by atoms with Gasteiger partial charge in [-0.05, 0) is 12.1 Å². The number of hydrogen-bond acceptors (Lipinski definition) is 3. The molecule has 2 rings (SSSR count). The van der Waals surface area contributed by atoms with Crippen LogP contribution in [0.15, 0.2) is 18.3 Å². The van der Waals surface area contributed by atoms with Crippen molar-refractivity contribution in [2.75, 3.05) is 7.11 Å². The molecule has 0 radical (unpaired) electrons. The summed E-state index contributed by atoms with van der Waals surface area (Å²) in [6.45, 7) is 0. The Morgan fingerprint density at radius 1 is 1.57 bits per heavy atom. The standard InChI is InChI=1S/C9H7ClN2O2/c1-14-6-2-3-8-11-7(5-13)9(10)12(8)4-6/h2-5H,1H3. The fraction of sp³-hybridized carbons (Fsp3) is 0.111. The van der Waals surface area contributed by atoms with Gasteiger partial charge < -0.3 is 4.74 Å². The van der Waals surface area contributed by atoms with Crippen molar-refractivity contribution in [3.8, 4) is 5.75 Å². The lowest BCUT2D eigenvalue weighted by Crippen LogP contribution is -1.88. The highest BCUT2D eigenvalue weighted by molar-refractivity contribution is 6.32. The lowest BCUT2D eigenvalue weighted by Gasteiger charge is -1.99. The van der Waals surface area contributed by atoms with Crippen molar-refractivity contribution in [1.29, 1.82) is 0 Å². The van der Waals surface area contributed by atoms with Gasteiger partial charge in [-0.25, -0.2) is 4.98 Å². The summed E-state index contributed by atoms with van der Waals surface area (Å²) in [5.41, 5.74) is 0.859. The average molecular weight is 211 g/mol. The van der Waals surface area contributed by atoms with Crippen LogP contribution in [0.2, 0.25) is 5.15 Å². The number of halogens is 1.